The van der Waals surface area contributed by atoms with E-state index in [0.29, 0.717) is 16.8 Å². The molecule has 52 heavy (non-hydrogen) atoms. The van der Waals surface area contributed by atoms with Crippen LogP contribution in [0.2, 0.25) is 0 Å². The number of rotatable bonds is 11. The highest BCUT2D eigenvalue weighted by Crippen LogP contribution is 2.37. The molecule has 2 heterocycles. The summed E-state index contributed by atoms with van der Waals surface area (Å²) in [6.07, 6.45) is 4.82. The molecule has 8 nitrogen and oxygen atoms in total. The second-order valence-corrected chi connectivity index (χ2v) is 13.2. The predicted molar refractivity (Wildman–Crippen MR) is 210 cm³/mol. The Hall–Kier alpha value is -6.45. The Bertz CT molecular complexity index is 2390. The normalized spacial score (nSPS) is 12.0. The van der Waals surface area contributed by atoms with Crippen molar-refractivity contribution in [2.24, 2.45) is 0 Å². The number of aryl methyl sites for hydroxylation is 1. The number of carbonyl (C=O) groups excluding carboxylic acids is 3. The molecule has 7 rings (SSSR count). The van der Waals surface area contributed by atoms with Crippen molar-refractivity contribution in [3.63, 3.8) is 0 Å². The van der Waals surface area contributed by atoms with Crippen LogP contribution in [-0.2, 0) is 16.1 Å². The molecule has 0 bridgehead atoms. The number of aromatic nitrogens is 2. The van der Waals surface area contributed by atoms with Gasteiger partial charge in [-0.1, -0.05) is 72.8 Å². The fraction of sp³-hybridized carbons (Fsp3) is 0.0698. The second kappa shape index (κ2) is 15.6. The molecule has 1 atom stereocenters. The van der Waals surface area contributed by atoms with Gasteiger partial charge in [0.15, 0.2) is 0 Å². The van der Waals surface area contributed by atoms with Gasteiger partial charge in [-0.25, -0.2) is 0 Å². The first-order valence-corrected chi connectivity index (χ1v) is 17.8. The highest BCUT2D eigenvalue weighted by atomic mass is 32.2. The van der Waals surface area contributed by atoms with Gasteiger partial charge < -0.3 is 20.5 Å². The van der Waals surface area contributed by atoms with Gasteiger partial charge in [0.1, 0.15) is 10.9 Å². The van der Waals surface area contributed by atoms with Crippen molar-refractivity contribution in [1.82, 2.24) is 14.9 Å². The number of pyridine rings is 1. The summed E-state index contributed by atoms with van der Waals surface area (Å²) in [6, 6.07) is 43.6. The Balaban J connectivity index is 1.09. The first-order valence-electron chi connectivity index (χ1n) is 16.9. The van der Waals surface area contributed by atoms with Crippen molar-refractivity contribution in [1.29, 1.82) is 0 Å². The zero-order valence-electron chi connectivity index (χ0n) is 28.3. The number of nitrogens with zero attached hydrogens (tertiary/aromatic N) is 2. The number of hydrogen-bond donors (Lipinski definition) is 3. The van der Waals surface area contributed by atoms with Crippen LogP contribution in [0, 0.1) is 0 Å². The van der Waals surface area contributed by atoms with Gasteiger partial charge in [0.05, 0.1) is 0 Å². The lowest BCUT2D eigenvalue weighted by Crippen LogP contribution is -2.30. The molecule has 7 aromatic rings. The number of amides is 3. The van der Waals surface area contributed by atoms with Crippen molar-refractivity contribution in [3.05, 3.63) is 174 Å². The fourth-order valence-electron chi connectivity index (χ4n) is 6.10. The molecule has 3 amide bonds. The number of nitrogens with one attached hydrogen (secondary N) is 3. The van der Waals surface area contributed by atoms with Crippen molar-refractivity contribution >= 4 is 68.7 Å². The summed E-state index contributed by atoms with van der Waals surface area (Å²) in [5.41, 5.74) is 5.57. The molecule has 0 radical (unpaired) electrons. The van der Waals surface area contributed by atoms with Crippen LogP contribution in [0.15, 0.2) is 163 Å². The van der Waals surface area contributed by atoms with Crippen molar-refractivity contribution in [2.75, 3.05) is 10.6 Å². The van der Waals surface area contributed by atoms with Gasteiger partial charge >= 0.3 is 0 Å². The van der Waals surface area contributed by atoms with E-state index >= 15 is 0 Å². The lowest BCUT2D eigenvalue weighted by Gasteiger charge is -2.18. The molecule has 0 aliphatic rings. The zero-order valence-corrected chi connectivity index (χ0v) is 29.1. The second-order valence-electron chi connectivity index (χ2n) is 12.0. The lowest BCUT2D eigenvalue weighted by atomic mass is 10.1. The van der Waals surface area contributed by atoms with Crippen LogP contribution >= 0.6 is 11.8 Å². The molecule has 5 aromatic carbocycles. The SMILES string of the molecule is CCn1c2ccccc2c2cc(NC(=O)C(Sc3ccc(NC(=O)/C(=C/c4cccnc4)NC(=O)c4ccccc4)cc3)c3ccccc3)ccc21. The topological polar surface area (TPSA) is 105 Å². The number of benzene rings is 5. The van der Waals surface area contributed by atoms with Gasteiger partial charge in [0.25, 0.3) is 11.8 Å². The van der Waals surface area contributed by atoms with E-state index < -0.39 is 17.1 Å². The van der Waals surface area contributed by atoms with Gasteiger partial charge in [0.2, 0.25) is 5.91 Å². The summed E-state index contributed by atoms with van der Waals surface area (Å²) in [4.78, 5) is 45.4. The van der Waals surface area contributed by atoms with Crippen molar-refractivity contribution in [3.8, 4) is 0 Å². The maximum absolute atomic E-state index is 14.0. The maximum Gasteiger partial charge on any atom is 0.272 e. The number of carbonyl (C=O) groups is 3. The van der Waals surface area contributed by atoms with Crippen LogP contribution < -0.4 is 16.0 Å². The van der Waals surface area contributed by atoms with Crippen molar-refractivity contribution in [2.45, 2.75) is 23.6 Å². The third kappa shape index (κ3) is 7.65. The largest absolute Gasteiger partial charge is 0.341 e. The van der Waals surface area contributed by atoms with Crippen LogP contribution in [-0.4, -0.2) is 27.3 Å². The molecule has 0 aliphatic carbocycles. The molecule has 2 aromatic heterocycles. The third-order valence-electron chi connectivity index (χ3n) is 8.59. The van der Waals surface area contributed by atoms with E-state index in [1.165, 1.54) is 17.3 Å². The monoisotopic (exact) mass is 701 g/mol. The molecule has 9 heteroatoms. The van der Waals surface area contributed by atoms with Crippen LogP contribution in [0.5, 0.6) is 0 Å². The summed E-state index contributed by atoms with van der Waals surface area (Å²) in [5, 5.41) is 10.5. The van der Waals surface area contributed by atoms with E-state index in [-0.39, 0.29) is 11.6 Å². The minimum atomic E-state index is -0.545. The summed E-state index contributed by atoms with van der Waals surface area (Å²) < 4.78 is 2.28. The average molecular weight is 702 g/mol. The molecule has 1 unspecified atom stereocenters. The predicted octanol–water partition coefficient (Wildman–Crippen LogP) is 9.09. The minimum Gasteiger partial charge on any atom is -0.341 e. The van der Waals surface area contributed by atoms with Gasteiger partial charge in [-0.15, -0.1) is 11.8 Å². The summed E-state index contributed by atoms with van der Waals surface area (Å²) in [5.74, 6) is -1.05. The molecule has 0 aliphatic heterocycles. The summed E-state index contributed by atoms with van der Waals surface area (Å²) in [7, 11) is 0. The quantitative estimate of drug-likeness (QED) is 0.0922. The summed E-state index contributed by atoms with van der Waals surface area (Å²) >= 11 is 1.42. The van der Waals surface area contributed by atoms with Gasteiger partial charge in [0, 0.05) is 62.6 Å². The first kappa shape index (κ1) is 34.0. The molecule has 0 fully saturated rings. The van der Waals surface area contributed by atoms with Gasteiger partial charge in [-0.05, 0) is 90.9 Å². The van der Waals surface area contributed by atoms with E-state index in [1.54, 1.807) is 67.0 Å². The lowest BCUT2D eigenvalue weighted by molar-refractivity contribution is -0.116. The van der Waals surface area contributed by atoms with E-state index in [4.69, 9.17) is 0 Å². The first-order chi connectivity index (χ1) is 25.5. The number of hydrogen-bond acceptors (Lipinski definition) is 5. The van der Waals surface area contributed by atoms with Crippen molar-refractivity contribution < 1.29 is 14.4 Å². The van der Waals surface area contributed by atoms with Crippen LogP contribution in [0.3, 0.4) is 0 Å². The number of thioether (sulfide) groups is 1. The fourth-order valence-corrected chi connectivity index (χ4v) is 7.13. The summed E-state index contributed by atoms with van der Waals surface area (Å²) in [6.45, 7) is 2.98. The zero-order chi connectivity index (χ0) is 35.9. The maximum atomic E-state index is 14.0. The van der Waals surface area contributed by atoms with E-state index in [9.17, 15) is 14.4 Å². The standard InChI is InChI=1S/C43H35N5O3S/c1-2-48-38-18-10-9-17-35(38)36-27-33(21-24-39(36)48)46-43(51)40(30-13-5-3-6-14-30)52-34-22-19-32(20-23-34)45-42(50)37(26-29-12-11-25-44-28-29)47-41(49)31-15-7-4-8-16-31/h3-28,40H,2H2,1H3,(H,45,50)(H,46,51)(H,47,49)/b37-26-. The van der Waals surface area contributed by atoms with Crippen LogP contribution in [0.25, 0.3) is 27.9 Å². The highest BCUT2D eigenvalue weighted by molar-refractivity contribution is 8.00. The molecule has 0 saturated heterocycles. The number of anilines is 2. The number of para-hydroxylation sites is 1. The van der Waals surface area contributed by atoms with Gasteiger partial charge in [-0.2, -0.15) is 0 Å². The number of fused-ring (bicyclic) bond motifs is 3. The Kier molecular flexibility index (Phi) is 10.2. The molecule has 0 spiro atoms. The Morgan fingerprint density at radius 1 is 0.731 bits per heavy atom. The Morgan fingerprint density at radius 3 is 2.15 bits per heavy atom. The Labute approximate surface area is 305 Å². The minimum absolute atomic E-state index is 0.0681. The van der Waals surface area contributed by atoms with E-state index in [1.807, 2.05) is 72.8 Å². The average Bonchev–Trinajstić information content (AvgIpc) is 3.51. The van der Waals surface area contributed by atoms with E-state index in [2.05, 4.69) is 50.6 Å². The smallest absolute Gasteiger partial charge is 0.272 e. The van der Waals surface area contributed by atoms with Gasteiger partial charge in [-0.3, -0.25) is 19.4 Å². The molecular formula is C43H35N5O3S. The molecule has 256 valence electrons. The highest BCUT2D eigenvalue weighted by Gasteiger charge is 2.23. The van der Waals surface area contributed by atoms with E-state index in [0.717, 1.165) is 39.0 Å². The molecular weight excluding hydrogens is 667 g/mol. The Morgan fingerprint density at radius 2 is 1.42 bits per heavy atom. The molecule has 0 saturated carbocycles. The molecule has 3 N–H and O–H groups in total. The van der Waals surface area contributed by atoms with Crippen LogP contribution in [0.1, 0.15) is 33.7 Å². The van der Waals surface area contributed by atoms with Crippen LogP contribution in [0.4, 0.5) is 11.4 Å². The third-order valence-corrected chi connectivity index (χ3v) is 9.85.